The van der Waals surface area contributed by atoms with Gasteiger partial charge in [-0.15, -0.1) is 0 Å². The highest BCUT2D eigenvalue weighted by atomic mass is 19.1. The van der Waals surface area contributed by atoms with E-state index in [-0.39, 0.29) is 11.6 Å². The third-order valence-electron chi connectivity index (χ3n) is 2.20. The Bertz CT molecular complexity index is 579. The summed E-state index contributed by atoms with van der Waals surface area (Å²) in [5.74, 6) is 5.90. The molecule has 0 fully saturated rings. The molecule has 0 aliphatic heterocycles. The minimum absolute atomic E-state index is 0.256. The highest BCUT2D eigenvalue weighted by molar-refractivity contribution is 6.27. The normalized spacial score (nSPS) is 8.67. The van der Waals surface area contributed by atoms with Gasteiger partial charge in [-0.2, -0.15) is 0 Å². The number of hydrogen-bond donors (Lipinski definition) is 6. The van der Waals surface area contributed by atoms with E-state index in [1.165, 1.54) is 24.3 Å². The number of carboxylic acids is 2. The van der Waals surface area contributed by atoms with Crippen molar-refractivity contribution in [2.75, 3.05) is 10.9 Å². The zero-order chi connectivity index (χ0) is 18.5. The van der Waals surface area contributed by atoms with E-state index in [1.807, 2.05) is 0 Å². The minimum atomic E-state index is -1.82. The molecule has 2 aromatic carbocycles. The molecule has 0 aliphatic carbocycles. The molecule has 0 atom stereocenters. The molecule has 0 aromatic heterocycles. The van der Waals surface area contributed by atoms with Gasteiger partial charge in [0.05, 0.1) is 0 Å². The van der Waals surface area contributed by atoms with Crippen molar-refractivity contribution < 1.29 is 28.6 Å². The van der Waals surface area contributed by atoms with Gasteiger partial charge in [-0.25, -0.2) is 18.4 Å². The highest BCUT2D eigenvalue weighted by Gasteiger charge is 2.04. The van der Waals surface area contributed by atoms with Gasteiger partial charge in [-0.3, -0.25) is 11.7 Å². The SMILES string of the molecule is NNc1ccc(F)cc1.NNc1ccc(F)cc1.O=C(O)C(=O)O. The number of carboxylic acid groups (broad SMARTS) is 2. The Morgan fingerprint density at radius 3 is 1.12 bits per heavy atom. The first kappa shape index (κ1) is 20.8. The topological polar surface area (TPSA) is 151 Å². The molecule has 24 heavy (non-hydrogen) atoms. The molecule has 10 heteroatoms. The van der Waals surface area contributed by atoms with Crippen LogP contribution in [0.15, 0.2) is 48.5 Å². The second kappa shape index (κ2) is 11.3. The second-order valence-electron chi connectivity index (χ2n) is 3.91. The summed E-state index contributed by atoms with van der Waals surface area (Å²) >= 11 is 0. The number of nitrogens with one attached hydrogen (secondary N) is 2. The van der Waals surface area contributed by atoms with E-state index in [2.05, 4.69) is 10.9 Å². The van der Waals surface area contributed by atoms with Crippen molar-refractivity contribution in [2.45, 2.75) is 0 Å². The van der Waals surface area contributed by atoms with E-state index in [0.717, 1.165) is 0 Å². The Morgan fingerprint density at radius 1 is 0.708 bits per heavy atom. The molecule has 0 bridgehead atoms. The van der Waals surface area contributed by atoms with Crippen molar-refractivity contribution >= 4 is 23.3 Å². The molecular formula is C14H16F2N4O4. The van der Waals surface area contributed by atoms with E-state index in [0.29, 0.717) is 11.4 Å². The predicted octanol–water partition coefficient (Wildman–Crippen LogP) is 1.38. The summed E-state index contributed by atoms with van der Waals surface area (Å²) in [5.41, 5.74) is 6.18. The fraction of sp³-hybridized carbons (Fsp3) is 0. The van der Waals surface area contributed by atoms with Gasteiger partial charge in [0.2, 0.25) is 0 Å². The molecule has 2 rings (SSSR count). The van der Waals surface area contributed by atoms with E-state index >= 15 is 0 Å². The van der Waals surface area contributed by atoms with Crippen molar-refractivity contribution in [3.63, 3.8) is 0 Å². The maximum Gasteiger partial charge on any atom is 0.414 e. The van der Waals surface area contributed by atoms with Gasteiger partial charge in [0.25, 0.3) is 0 Å². The van der Waals surface area contributed by atoms with Crippen LogP contribution < -0.4 is 22.5 Å². The van der Waals surface area contributed by atoms with Crippen LogP contribution in [0.5, 0.6) is 0 Å². The number of aliphatic carboxylic acids is 2. The lowest BCUT2D eigenvalue weighted by molar-refractivity contribution is -0.159. The van der Waals surface area contributed by atoms with Gasteiger partial charge in [0.1, 0.15) is 11.6 Å². The fourth-order valence-electron chi connectivity index (χ4n) is 1.09. The van der Waals surface area contributed by atoms with Crippen LogP contribution in [-0.2, 0) is 9.59 Å². The predicted molar refractivity (Wildman–Crippen MR) is 83.7 cm³/mol. The Hall–Kier alpha value is -3.24. The lowest BCUT2D eigenvalue weighted by Crippen LogP contribution is -2.09. The van der Waals surface area contributed by atoms with Crippen LogP contribution >= 0.6 is 0 Å². The molecule has 0 saturated carbocycles. The average Bonchev–Trinajstić information content (AvgIpc) is 2.57. The summed E-state index contributed by atoms with van der Waals surface area (Å²) in [6.07, 6.45) is 0. The number of hydrogen-bond acceptors (Lipinski definition) is 6. The third kappa shape index (κ3) is 9.65. The summed E-state index contributed by atoms with van der Waals surface area (Å²) in [5, 5.41) is 14.8. The van der Waals surface area contributed by atoms with Gasteiger partial charge in [0.15, 0.2) is 0 Å². The van der Waals surface area contributed by atoms with Gasteiger partial charge >= 0.3 is 11.9 Å². The summed E-state index contributed by atoms with van der Waals surface area (Å²) in [4.78, 5) is 18.2. The highest BCUT2D eigenvalue weighted by Crippen LogP contribution is 2.05. The molecule has 2 aromatic rings. The summed E-state index contributed by atoms with van der Waals surface area (Å²) < 4.78 is 24.3. The number of halogens is 2. The number of benzene rings is 2. The number of hydrazine groups is 2. The first-order valence-electron chi connectivity index (χ1n) is 6.20. The van der Waals surface area contributed by atoms with E-state index in [1.54, 1.807) is 24.3 Å². The van der Waals surface area contributed by atoms with E-state index in [4.69, 9.17) is 31.5 Å². The quantitative estimate of drug-likeness (QED) is 0.272. The van der Waals surface area contributed by atoms with E-state index < -0.39 is 11.9 Å². The first-order chi connectivity index (χ1) is 11.3. The summed E-state index contributed by atoms with van der Waals surface area (Å²) in [6.45, 7) is 0. The summed E-state index contributed by atoms with van der Waals surface area (Å²) in [6, 6.07) is 11.6. The van der Waals surface area contributed by atoms with Crippen LogP contribution in [0.25, 0.3) is 0 Å². The zero-order valence-electron chi connectivity index (χ0n) is 12.2. The molecule has 0 radical (unpaired) electrons. The molecule has 0 saturated heterocycles. The fourth-order valence-corrected chi connectivity index (χ4v) is 1.09. The monoisotopic (exact) mass is 342 g/mol. The number of rotatable bonds is 2. The second-order valence-corrected chi connectivity index (χ2v) is 3.91. The van der Waals surface area contributed by atoms with Gasteiger partial charge in [0, 0.05) is 11.4 Å². The van der Waals surface area contributed by atoms with Crippen molar-refractivity contribution in [1.82, 2.24) is 0 Å². The van der Waals surface area contributed by atoms with Crippen LogP contribution in [0.3, 0.4) is 0 Å². The van der Waals surface area contributed by atoms with Gasteiger partial charge in [-0.05, 0) is 48.5 Å². The van der Waals surface area contributed by atoms with Crippen molar-refractivity contribution in [3.8, 4) is 0 Å². The summed E-state index contributed by atoms with van der Waals surface area (Å²) in [7, 11) is 0. The molecular weight excluding hydrogens is 326 g/mol. The van der Waals surface area contributed by atoms with Crippen LogP contribution in [0.1, 0.15) is 0 Å². The van der Waals surface area contributed by atoms with Crippen LogP contribution in [0.4, 0.5) is 20.2 Å². The molecule has 130 valence electrons. The Balaban J connectivity index is 0.000000340. The standard InChI is InChI=1S/2C6H7FN2.C2H2O4/c2*7-5-1-3-6(9-8)4-2-5;3-1(4)2(5)6/h2*1-4,9H,8H2;(H,3,4)(H,5,6). The molecule has 0 unspecified atom stereocenters. The van der Waals surface area contributed by atoms with Crippen LogP contribution in [0.2, 0.25) is 0 Å². The van der Waals surface area contributed by atoms with Crippen molar-refractivity contribution in [2.24, 2.45) is 11.7 Å². The number of nitrogens with two attached hydrogens (primary N) is 2. The number of carbonyl (C=O) groups is 2. The molecule has 0 heterocycles. The Kier molecular flexibility index (Phi) is 9.81. The molecule has 8 nitrogen and oxygen atoms in total. The average molecular weight is 342 g/mol. The maximum atomic E-state index is 12.2. The van der Waals surface area contributed by atoms with Crippen molar-refractivity contribution in [1.29, 1.82) is 0 Å². The minimum Gasteiger partial charge on any atom is -0.473 e. The van der Waals surface area contributed by atoms with Crippen LogP contribution in [0, 0.1) is 11.6 Å². The Morgan fingerprint density at radius 2 is 0.958 bits per heavy atom. The molecule has 0 aliphatic rings. The first-order valence-corrected chi connectivity index (χ1v) is 6.20. The molecule has 8 N–H and O–H groups in total. The van der Waals surface area contributed by atoms with E-state index in [9.17, 15) is 8.78 Å². The number of anilines is 2. The number of nitrogen functional groups attached to an aromatic ring is 2. The molecule has 0 spiro atoms. The lowest BCUT2D eigenvalue weighted by atomic mass is 10.3. The zero-order valence-corrected chi connectivity index (χ0v) is 12.2. The van der Waals surface area contributed by atoms with Crippen LogP contribution in [-0.4, -0.2) is 22.2 Å². The van der Waals surface area contributed by atoms with Gasteiger partial charge in [-0.1, -0.05) is 0 Å². The Labute approximate surface area is 135 Å². The molecule has 0 amide bonds. The lowest BCUT2D eigenvalue weighted by Gasteiger charge is -1.95. The maximum absolute atomic E-state index is 12.2. The van der Waals surface area contributed by atoms with Gasteiger partial charge < -0.3 is 21.1 Å². The largest absolute Gasteiger partial charge is 0.473 e. The smallest absolute Gasteiger partial charge is 0.414 e. The third-order valence-corrected chi connectivity index (χ3v) is 2.20. The van der Waals surface area contributed by atoms with Crippen molar-refractivity contribution in [3.05, 3.63) is 60.2 Å².